The highest BCUT2D eigenvalue weighted by atomic mass is 16.2. The van der Waals surface area contributed by atoms with E-state index in [4.69, 9.17) is 6.42 Å². The van der Waals surface area contributed by atoms with Gasteiger partial charge in [-0.2, -0.15) is 0 Å². The fourth-order valence-corrected chi connectivity index (χ4v) is 1.63. The standard InChI is InChI=1S/C11H18N2O/c1-3-9(4-2)13-10-7-5-6-8-12-11(10)14/h1,9-10,13H,4-8H2,2H3,(H,12,14). The molecule has 1 rings (SSSR count). The van der Waals surface area contributed by atoms with E-state index in [0.717, 1.165) is 32.2 Å². The van der Waals surface area contributed by atoms with Crippen molar-refractivity contribution in [1.82, 2.24) is 10.6 Å². The van der Waals surface area contributed by atoms with Crippen LogP contribution >= 0.6 is 0 Å². The average molecular weight is 194 g/mol. The van der Waals surface area contributed by atoms with E-state index in [9.17, 15) is 4.79 Å². The number of nitrogens with one attached hydrogen (secondary N) is 2. The maximum atomic E-state index is 11.5. The summed E-state index contributed by atoms with van der Waals surface area (Å²) in [5.74, 6) is 2.74. The lowest BCUT2D eigenvalue weighted by Crippen LogP contribution is -2.46. The maximum absolute atomic E-state index is 11.5. The van der Waals surface area contributed by atoms with Crippen LogP contribution in [0.4, 0.5) is 0 Å². The molecule has 1 amide bonds. The molecule has 14 heavy (non-hydrogen) atoms. The van der Waals surface area contributed by atoms with Gasteiger partial charge in [-0.3, -0.25) is 10.1 Å². The fourth-order valence-electron chi connectivity index (χ4n) is 1.63. The monoisotopic (exact) mass is 194 g/mol. The molecule has 2 atom stereocenters. The average Bonchev–Trinajstić information content (AvgIpc) is 2.40. The van der Waals surface area contributed by atoms with E-state index in [2.05, 4.69) is 16.6 Å². The van der Waals surface area contributed by atoms with E-state index in [1.165, 1.54) is 0 Å². The first-order valence-corrected chi connectivity index (χ1v) is 5.27. The summed E-state index contributed by atoms with van der Waals surface area (Å²) in [4.78, 5) is 11.5. The molecule has 1 aliphatic heterocycles. The first kappa shape index (κ1) is 11.1. The van der Waals surface area contributed by atoms with Crippen molar-refractivity contribution in [3.05, 3.63) is 0 Å². The van der Waals surface area contributed by atoms with Crippen LogP contribution in [0.25, 0.3) is 0 Å². The number of terminal acetylenes is 1. The number of hydrogen-bond donors (Lipinski definition) is 2. The molecular weight excluding hydrogens is 176 g/mol. The Labute approximate surface area is 85.6 Å². The zero-order chi connectivity index (χ0) is 10.4. The molecule has 0 radical (unpaired) electrons. The molecule has 3 nitrogen and oxygen atoms in total. The summed E-state index contributed by atoms with van der Waals surface area (Å²) in [6, 6.07) is -0.0812. The lowest BCUT2D eigenvalue weighted by Gasteiger charge is -2.18. The largest absolute Gasteiger partial charge is 0.355 e. The summed E-state index contributed by atoms with van der Waals surface area (Å²) in [5, 5.41) is 6.08. The van der Waals surface area contributed by atoms with Crippen molar-refractivity contribution >= 4 is 5.91 Å². The van der Waals surface area contributed by atoms with Crippen LogP contribution in [0, 0.1) is 12.3 Å². The van der Waals surface area contributed by atoms with Crippen molar-refractivity contribution in [1.29, 1.82) is 0 Å². The van der Waals surface area contributed by atoms with E-state index in [1.54, 1.807) is 0 Å². The minimum Gasteiger partial charge on any atom is -0.355 e. The fraction of sp³-hybridized carbons (Fsp3) is 0.727. The number of carbonyl (C=O) groups excluding carboxylic acids is 1. The molecule has 0 spiro atoms. The Morgan fingerprint density at radius 1 is 1.71 bits per heavy atom. The van der Waals surface area contributed by atoms with E-state index >= 15 is 0 Å². The van der Waals surface area contributed by atoms with Gasteiger partial charge in [-0.1, -0.05) is 12.8 Å². The molecule has 0 bridgehead atoms. The molecule has 1 saturated heterocycles. The Kier molecular flexibility index (Phi) is 4.48. The third-order valence-electron chi connectivity index (χ3n) is 2.55. The smallest absolute Gasteiger partial charge is 0.237 e. The summed E-state index contributed by atoms with van der Waals surface area (Å²) >= 11 is 0. The first-order chi connectivity index (χ1) is 6.77. The summed E-state index contributed by atoms with van der Waals surface area (Å²) in [6.45, 7) is 2.82. The van der Waals surface area contributed by atoms with Crippen LogP contribution in [0.1, 0.15) is 32.6 Å². The van der Waals surface area contributed by atoms with E-state index in [0.29, 0.717) is 0 Å². The molecule has 0 saturated carbocycles. The third-order valence-corrected chi connectivity index (χ3v) is 2.55. The molecule has 78 valence electrons. The van der Waals surface area contributed by atoms with Crippen LogP contribution in [0.5, 0.6) is 0 Å². The van der Waals surface area contributed by atoms with Gasteiger partial charge in [0.2, 0.25) is 5.91 Å². The molecule has 1 fully saturated rings. The predicted octanol–water partition coefficient (Wildman–Crippen LogP) is 0.656. The predicted molar refractivity (Wildman–Crippen MR) is 56.7 cm³/mol. The number of hydrogen-bond acceptors (Lipinski definition) is 2. The lowest BCUT2D eigenvalue weighted by atomic mass is 10.1. The summed E-state index contributed by atoms with van der Waals surface area (Å²) in [5.41, 5.74) is 0. The molecule has 0 aromatic rings. The highest BCUT2D eigenvalue weighted by Gasteiger charge is 2.21. The topological polar surface area (TPSA) is 41.1 Å². The Bertz CT molecular complexity index is 232. The van der Waals surface area contributed by atoms with Gasteiger partial charge in [0.05, 0.1) is 12.1 Å². The molecular formula is C11H18N2O. The number of rotatable bonds is 3. The number of carbonyl (C=O) groups is 1. The maximum Gasteiger partial charge on any atom is 0.237 e. The third kappa shape index (κ3) is 3.04. The molecule has 0 aromatic heterocycles. The Hall–Kier alpha value is -1.01. The van der Waals surface area contributed by atoms with Crippen molar-refractivity contribution in [3.63, 3.8) is 0 Å². The van der Waals surface area contributed by atoms with Crippen LogP contribution in [0.2, 0.25) is 0 Å². The van der Waals surface area contributed by atoms with Gasteiger partial charge in [-0.25, -0.2) is 0 Å². The summed E-state index contributed by atoms with van der Waals surface area (Å²) in [6.07, 6.45) is 9.24. The second kappa shape index (κ2) is 5.66. The molecule has 1 aliphatic rings. The van der Waals surface area contributed by atoms with Crippen LogP contribution in [0.15, 0.2) is 0 Å². The highest BCUT2D eigenvalue weighted by Crippen LogP contribution is 2.06. The van der Waals surface area contributed by atoms with Gasteiger partial charge in [0.25, 0.3) is 0 Å². The van der Waals surface area contributed by atoms with Gasteiger partial charge in [0.15, 0.2) is 0 Å². The second-order valence-electron chi connectivity index (χ2n) is 3.63. The lowest BCUT2D eigenvalue weighted by molar-refractivity contribution is -0.122. The summed E-state index contributed by atoms with van der Waals surface area (Å²) in [7, 11) is 0. The zero-order valence-corrected chi connectivity index (χ0v) is 8.68. The molecule has 0 aromatic carbocycles. The van der Waals surface area contributed by atoms with E-state index in [-0.39, 0.29) is 18.0 Å². The molecule has 2 N–H and O–H groups in total. The van der Waals surface area contributed by atoms with Gasteiger partial charge in [-0.05, 0) is 25.7 Å². The quantitative estimate of drug-likeness (QED) is 0.648. The van der Waals surface area contributed by atoms with Gasteiger partial charge >= 0.3 is 0 Å². The first-order valence-electron chi connectivity index (χ1n) is 5.27. The van der Waals surface area contributed by atoms with Gasteiger partial charge in [0.1, 0.15) is 0 Å². The Balaban J connectivity index is 2.48. The van der Waals surface area contributed by atoms with Crippen LogP contribution in [-0.4, -0.2) is 24.5 Å². The molecule has 2 unspecified atom stereocenters. The zero-order valence-electron chi connectivity index (χ0n) is 8.68. The molecule has 3 heteroatoms. The Morgan fingerprint density at radius 2 is 2.50 bits per heavy atom. The Morgan fingerprint density at radius 3 is 3.14 bits per heavy atom. The second-order valence-corrected chi connectivity index (χ2v) is 3.63. The van der Waals surface area contributed by atoms with Crippen LogP contribution in [-0.2, 0) is 4.79 Å². The van der Waals surface area contributed by atoms with Crippen molar-refractivity contribution in [3.8, 4) is 12.3 Å². The normalized spacial score (nSPS) is 24.6. The van der Waals surface area contributed by atoms with E-state index < -0.39 is 0 Å². The van der Waals surface area contributed by atoms with Crippen molar-refractivity contribution in [2.24, 2.45) is 0 Å². The van der Waals surface area contributed by atoms with E-state index in [1.807, 2.05) is 6.92 Å². The van der Waals surface area contributed by atoms with Gasteiger partial charge < -0.3 is 5.32 Å². The van der Waals surface area contributed by atoms with Crippen LogP contribution in [0.3, 0.4) is 0 Å². The van der Waals surface area contributed by atoms with Gasteiger partial charge in [-0.15, -0.1) is 6.42 Å². The molecule has 1 heterocycles. The highest BCUT2D eigenvalue weighted by molar-refractivity contribution is 5.82. The van der Waals surface area contributed by atoms with Gasteiger partial charge in [0, 0.05) is 6.54 Å². The SMILES string of the molecule is C#CC(CC)NC1CCCCNC1=O. The summed E-state index contributed by atoms with van der Waals surface area (Å²) < 4.78 is 0. The number of amides is 1. The van der Waals surface area contributed by atoms with Crippen LogP contribution < -0.4 is 10.6 Å². The minimum absolute atomic E-state index is 0.0175. The minimum atomic E-state index is -0.0986. The van der Waals surface area contributed by atoms with Crippen molar-refractivity contribution < 1.29 is 4.79 Å². The van der Waals surface area contributed by atoms with Crippen molar-refractivity contribution in [2.75, 3.05) is 6.54 Å². The van der Waals surface area contributed by atoms with Crippen molar-refractivity contribution in [2.45, 2.75) is 44.7 Å². The molecule has 0 aliphatic carbocycles.